The van der Waals surface area contributed by atoms with Crippen molar-refractivity contribution in [2.45, 2.75) is 18.9 Å². The quantitative estimate of drug-likeness (QED) is 0.865. The Balaban J connectivity index is 1.66. The zero-order valence-electron chi connectivity index (χ0n) is 13.0. The van der Waals surface area contributed by atoms with E-state index in [1.54, 1.807) is 37.7 Å². The molecule has 1 aliphatic heterocycles. The molecule has 6 nitrogen and oxygen atoms in total. The van der Waals surface area contributed by atoms with Gasteiger partial charge in [-0.15, -0.1) is 0 Å². The predicted molar refractivity (Wildman–Crippen MR) is 84.6 cm³/mol. The summed E-state index contributed by atoms with van der Waals surface area (Å²) in [6, 6.07) is 9.30. The van der Waals surface area contributed by atoms with Gasteiger partial charge in [-0.2, -0.15) is 0 Å². The molecule has 1 saturated heterocycles. The van der Waals surface area contributed by atoms with Crippen molar-refractivity contribution in [2.24, 2.45) is 0 Å². The summed E-state index contributed by atoms with van der Waals surface area (Å²) < 4.78 is 11.0. The number of likely N-dealkylation sites (tertiary alicyclic amines) is 1. The monoisotopic (exact) mass is 313 g/mol. The van der Waals surface area contributed by atoms with E-state index in [0.717, 1.165) is 19.4 Å². The number of hydrogen-bond acceptors (Lipinski definition) is 5. The van der Waals surface area contributed by atoms with E-state index in [1.807, 2.05) is 17.0 Å². The Labute approximate surface area is 135 Å². The lowest BCUT2D eigenvalue weighted by Gasteiger charge is -2.32. The van der Waals surface area contributed by atoms with Gasteiger partial charge < -0.3 is 14.4 Å². The molecule has 1 fully saturated rings. The van der Waals surface area contributed by atoms with E-state index < -0.39 is 0 Å². The van der Waals surface area contributed by atoms with Gasteiger partial charge in [-0.25, -0.2) is 9.97 Å². The van der Waals surface area contributed by atoms with Crippen LogP contribution >= 0.6 is 0 Å². The number of benzene rings is 1. The average molecular weight is 313 g/mol. The van der Waals surface area contributed by atoms with Gasteiger partial charge in [0.25, 0.3) is 5.91 Å². The molecule has 2 heterocycles. The van der Waals surface area contributed by atoms with E-state index in [2.05, 4.69) is 9.97 Å². The van der Waals surface area contributed by atoms with Gasteiger partial charge >= 0.3 is 6.01 Å². The van der Waals surface area contributed by atoms with Crippen LogP contribution in [-0.2, 0) is 0 Å². The van der Waals surface area contributed by atoms with Crippen LogP contribution < -0.4 is 9.47 Å². The SMILES string of the molecule is COc1cccc(C(=O)N2CCCC(Oc3ncccn3)C2)c1. The Kier molecular flexibility index (Phi) is 4.71. The van der Waals surface area contributed by atoms with Crippen LogP contribution in [0, 0.1) is 0 Å². The minimum Gasteiger partial charge on any atom is -0.497 e. The number of aromatic nitrogens is 2. The van der Waals surface area contributed by atoms with Crippen LogP contribution in [0.3, 0.4) is 0 Å². The van der Waals surface area contributed by atoms with Crippen LogP contribution in [0.15, 0.2) is 42.7 Å². The highest BCUT2D eigenvalue weighted by Gasteiger charge is 2.26. The maximum Gasteiger partial charge on any atom is 0.316 e. The molecule has 0 saturated carbocycles. The number of nitrogens with zero attached hydrogens (tertiary/aromatic N) is 3. The molecule has 0 spiro atoms. The molecular formula is C17H19N3O3. The maximum atomic E-state index is 12.6. The first-order valence-electron chi connectivity index (χ1n) is 7.63. The summed E-state index contributed by atoms with van der Waals surface area (Å²) in [4.78, 5) is 22.6. The van der Waals surface area contributed by atoms with Crippen molar-refractivity contribution in [3.05, 3.63) is 48.3 Å². The number of ether oxygens (including phenoxy) is 2. The third kappa shape index (κ3) is 3.77. The Morgan fingerprint density at radius 3 is 2.87 bits per heavy atom. The van der Waals surface area contributed by atoms with Crippen LogP contribution in [-0.4, -0.2) is 47.1 Å². The summed E-state index contributed by atoms with van der Waals surface area (Å²) in [7, 11) is 1.59. The van der Waals surface area contributed by atoms with Crippen LogP contribution in [0.2, 0.25) is 0 Å². The molecule has 0 bridgehead atoms. The van der Waals surface area contributed by atoms with Crippen molar-refractivity contribution in [2.75, 3.05) is 20.2 Å². The summed E-state index contributed by atoms with van der Waals surface area (Å²) in [5, 5.41) is 0. The van der Waals surface area contributed by atoms with Crippen molar-refractivity contribution in [1.82, 2.24) is 14.9 Å². The summed E-state index contributed by atoms with van der Waals surface area (Å²) in [5.74, 6) is 0.671. The van der Waals surface area contributed by atoms with Crippen molar-refractivity contribution in [3.8, 4) is 11.8 Å². The Hall–Kier alpha value is -2.63. The molecule has 0 radical (unpaired) electrons. The number of amides is 1. The molecule has 3 rings (SSSR count). The molecule has 1 aromatic heterocycles. The molecule has 120 valence electrons. The van der Waals surface area contributed by atoms with Gasteiger partial charge in [0.1, 0.15) is 11.9 Å². The van der Waals surface area contributed by atoms with E-state index in [1.165, 1.54) is 0 Å². The normalized spacial score (nSPS) is 17.6. The molecular weight excluding hydrogens is 294 g/mol. The van der Waals surface area contributed by atoms with E-state index in [9.17, 15) is 4.79 Å². The fraction of sp³-hybridized carbons (Fsp3) is 0.353. The van der Waals surface area contributed by atoms with E-state index >= 15 is 0 Å². The summed E-state index contributed by atoms with van der Waals surface area (Å²) in [6.07, 6.45) is 4.99. The minimum atomic E-state index is -0.0827. The molecule has 1 aliphatic rings. The number of carbonyl (C=O) groups is 1. The summed E-state index contributed by atoms with van der Waals surface area (Å²) >= 11 is 0. The van der Waals surface area contributed by atoms with Gasteiger partial charge in [-0.1, -0.05) is 6.07 Å². The highest BCUT2D eigenvalue weighted by atomic mass is 16.5. The number of piperidine rings is 1. The van der Waals surface area contributed by atoms with Crippen molar-refractivity contribution >= 4 is 5.91 Å². The van der Waals surface area contributed by atoms with E-state index in [0.29, 0.717) is 23.9 Å². The Morgan fingerprint density at radius 1 is 1.26 bits per heavy atom. The lowest BCUT2D eigenvalue weighted by Crippen LogP contribution is -2.44. The molecule has 23 heavy (non-hydrogen) atoms. The standard InChI is InChI=1S/C17H19N3O3/c1-22-14-6-2-5-13(11-14)16(21)20-10-3-7-15(12-20)23-17-18-8-4-9-19-17/h2,4-6,8-9,11,15H,3,7,10,12H2,1H3. The van der Waals surface area contributed by atoms with Crippen molar-refractivity contribution in [3.63, 3.8) is 0 Å². The zero-order chi connectivity index (χ0) is 16.1. The summed E-state index contributed by atoms with van der Waals surface area (Å²) in [5.41, 5.74) is 0.626. The third-order valence-electron chi connectivity index (χ3n) is 3.80. The van der Waals surface area contributed by atoms with Crippen LogP contribution in [0.4, 0.5) is 0 Å². The number of hydrogen-bond donors (Lipinski definition) is 0. The Morgan fingerprint density at radius 2 is 2.09 bits per heavy atom. The first-order valence-corrected chi connectivity index (χ1v) is 7.63. The fourth-order valence-corrected chi connectivity index (χ4v) is 2.65. The van der Waals surface area contributed by atoms with Crippen LogP contribution in [0.5, 0.6) is 11.8 Å². The second kappa shape index (κ2) is 7.09. The van der Waals surface area contributed by atoms with Gasteiger partial charge in [0.2, 0.25) is 0 Å². The first kappa shape index (κ1) is 15.3. The van der Waals surface area contributed by atoms with Gasteiger partial charge in [0.05, 0.1) is 13.7 Å². The van der Waals surface area contributed by atoms with Gasteiger partial charge in [0.15, 0.2) is 0 Å². The Bertz CT molecular complexity index is 663. The highest BCUT2D eigenvalue weighted by Crippen LogP contribution is 2.19. The molecule has 1 amide bonds. The maximum absolute atomic E-state index is 12.6. The number of carbonyl (C=O) groups excluding carboxylic acids is 1. The molecule has 0 aliphatic carbocycles. The molecule has 1 aromatic carbocycles. The predicted octanol–water partition coefficient (Wildman–Crippen LogP) is 2.17. The number of methoxy groups -OCH3 is 1. The summed E-state index contributed by atoms with van der Waals surface area (Å²) in [6.45, 7) is 1.26. The van der Waals surface area contributed by atoms with Crippen LogP contribution in [0.1, 0.15) is 23.2 Å². The van der Waals surface area contributed by atoms with Gasteiger partial charge in [-0.3, -0.25) is 4.79 Å². The highest BCUT2D eigenvalue weighted by molar-refractivity contribution is 5.94. The van der Waals surface area contributed by atoms with Crippen LogP contribution in [0.25, 0.3) is 0 Å². The lowest BCUT2D eigenvalue weighted by molar-refractivity contribution is 0.0515. The topological polar surface area (TPSA) is 64.5 Å². The fourth-order valence-electron chi connectivity index (χ4n) is 2.65. The van der Waals surface area contributed by atoms with Crippen molar-refractivity contribution < 1.29 is 14.3 Å². The molecule has 2 aromatic rings. The largest absolute Gasteiger partial charge is 0.497 e. The second-order valence-electron chi connectivity index (χ2n) is 5.40. The average Bonchev–Trinajstić information content (AvgIpc) is 2.62. The first-order chi connectivity index (χ1) is 11.3. The third-order valence-corrected chi connectivity index (χ3v) is 3.80. The van der Waals surface area contributed by atoms with Crippen molar-refractivity contribution in [1.29, 1.82) is 0 Å². The molecule has 0 N–H and O–H groups in total. The second-order valence-corrected chi connectivity index (χ2v) is 5.40. The zero-order valence-corrected chi connectivity index (χ0v) is 13.0. The number of rotatable bonds is 4. The molecule has 6 heteroatoms. The smallest absolute Gasteiger partial charge is 0.316 e. The molecule has 1 atom stereocenters. The van der Waals surface area contributed by atoms with Gasteiger partial charge in [-0.05, 0) is 37.1 Å². The lowest BCUT2D eigenvalue weighted by atomic mass is 10.1. The van der Waals surface area contributed by atoms with Gasteiger partial charge in [0, 0.05) is 24.5 Å². The molecule has 1 unspecified atom stereocenters. The minimum absolute atomic E-state index is 0.00817. The van der Waals surface area contributed by atoms with E-state index in [4.69, 9.17) is 9.47 Å². The van der Waals surface area contributed by atoms with E-state index in [-0.39, 0.29) is 12.0 Å².